The van der Waals surface area contributed by atoms with Gasteiger partial charge in [0.25, 0.3) is 11.8 Å². The number of halogens is 1. The summed E-state index contributed by atoms with van der Waals surface area (Å²) < 4.78 is 18.2. The lowest BCUT2D eigenvalue weighted by molar-refractivity contribution is -0.116. The molecule has 0 radical (unpaired) electrons. The first-order valence-corrected chi connectivity index (χ1v) is 7.51. The minimum absolute atomic E-state index is 0.145. The first-order valence-electron chi connectivity index (χ1n) is 7.51. The number of ether oxygens (including phenoxy) is 1. The van der Waals surface area contributed by atoms with Crippen molar-refractivity contribution in [3.05, 3.63) is 58.9 Å². The van der Waals surface area contributed by atoms with Gasteiger partial charge in [-0.15, -0.1) is 0 Å². The van der Waals surface area contributed by atoms with Crippen molar-refractivity contribution < 1.29 is 23.5 Å². The molecule has 128 valence electrons. The highest BCUT2D eigenvalue weighted by atomic mass is 19.1. The van der Waals surface area contributed by atoms with Crippen LogP contribution in [0.2, 0.25) is 0 Å². The summed E-state index contributed by atoms with van der Waals surface area (Å²) >= 11 is 0. The van der Waals surface area contributed by atoms with Crippen LogP contribution in [0.4, 0.5) is 10.1 Å². The maximum atomic E-state index is 13.2. The lowest BCUT2D eigenvalue weighted by atomic mass is 10.1. The highest BCUT2D eigenvalue weighted by molar-refractivity contribution is 6.22. The Morgan fingerprint density at radius 1 is 1.12 bits per heavy atom. The number of rotatable bonds is 4. The van der Waals surface area contributed by atoms with Gasteiger partial charge in [-0.2, -0.15) is 0 Å². The van der Waals surface area contributed by atoms with E-state index in [1.807, 2.05) is 6.92 Å². The van der Waals surface area contributed by atoms with Crippen molar-refractivity contribution in [2.75, 3.05) is 19.0 Å². The molecule has 7 heteroatoms. The van der Waals surface area contributed by atoms with Crippen LogP contribution in [-0.4, -0.2) is 36.3 Å². The summed E-state index contributed by atoms with van der Waals surface area (Å²) in [5.41, 5.74) is 1.67. The highest BCUT2D eigenvalue weighted by Gasteiger charge is 2.36. The van der Waals surface area contributed by atoms with Gasteiger partial charge in [0.05, 0.1) is 23.9 Å². The van der Waals surface area contributed by atoms with Crippen molar-refractivity contribution in [3.63, 3.8) is 0 Å². The van der Waals surface area contributed by atoms with Crippen LogP contribution in [0.25, 0.3) is 0 Å². The number of carbonyl (C=O) groups excluding carboxylic acids is 3. The van der Waals surface area contributed by atoms with Gasteiger partial charge in [0.15, 0.2) is 0 Å². The van der Waals surface area contributed by atoms with Gasteiger partial charge in [0.1, 0.15) is 18.1 Å². The maximum Gasteiger partial charge on any atom is 0.262 e. The predicted molar refractivity (Wildman–Crippen MR) is 88.1 cm³/mol. The molecule has 0 atom stereocenters. The van der Waals surface area contributed by atoms with Crippen LogP contribution in [-0.2, 0) is 4.79 Å². The Labute approximate surface area is 143 Å². The van der Waals surface area contributed by atoms with Crippen LogP contribution < -0.4 is 10.1 Å². The second kappa shape index (κ2) is 6.35. The largest absolute Gasteiger partial charge is 0.494 e. The minimum Gasteiger partial charge on any atom is -0.494 e. The number of hydrogen-bond donors (Lipinski definition) is 1. The third kappa shape index (κ3) is 3.08. The fourth-order valence-electron chi connectivity index (χ4n) is 2.65. The summed E-state index contributed by atoms with van der Waals surface area (Å²) in [5.74, 6) is -1.97. The Hall–Kier alpha value is -3.22. The molecule has 0 unspecified atom stereocenters. The molecule has 1 heterocycles. The minimum atomic E-state index is -0.587. The van der Waals surface area contributed by atoms with Crippen molar-refractivity contribution in [2.24, 2.45) is 0 Å². The number of anilines is 1. The van der Waals surface area contributed by atoms with E-state index >= 15 is 0 Å². The van der Waals surface area contributed by atoms with Crippen LogP contribution in [0.15, 0.2) is 36.4 Å². The van der Waals surface area contributed by atoms with Crippen LogP contribution >= 0.6 is 0 Å². The molecule has 0 aromatic heterocycles. The Morgan fingerprint density at radius 2 is 1.84 bits per heavy atom. The lowest BCUT2D eigenvalue weighted by Crippen LogP contribution is -2.37. The molecule has 0 spiro atoms. The third-order valence-corrected chi connectivity index (χ3v) is 3.87. The summed E-state index contributed by atoms with van der Waals surface area (Å²) in [6, 6.07) is 8.57. The fraction of sp³-hybridized carbons (Fsp3) is 0.167. The Kier molecular flexibility index (Phi) is 4.22. The van der Waals surface area contributed by atoms with E-state index in [9.17, 15) is 18.8 Å². The number of benzene rings is 2. The number of hydrogen-bond acceptors (Lipinski definition) is 4. The summed E-state index contributed by atoms with van der Waals surface area (Å²) in [5, 5.41) is 2.52. The van der Waals surface area contributed by atoms with E-state index in [0.29, 0.717) is 0 Å². The number of carbonyl (C=O) groups is 3. The fourth-order valence-corrected chi connectivity index (χ4v) is 2.65. The number of methoxy groups -OCH3 is 1. The van der Waals surface area contributed by atoms with Gasteiger partial charge in [-0.25, -0.2) is 4.39 Å². The molecule has 3 rings (SSSR count). The quantitative estimate of drug-likeness (QED) is 0.866. The van der Waals surface area contributed by atoms with Crippen molar-refractivity contribution in [3.8, 4) is 5.75 Å². The molecule has 3 amide bonds. The van der Waals surface area contributed by atoms with Gasteiger partial charge in [-0.3, -0.25) is 19.3 Å². The summed E-state index contributed by atoms with van der Waals surface area (Å²) in [4.78, 5) is 37.8. The van der Waals surface area contributed by atoms with Gasteiger partial charge in [-0.1, -0.05) is 11.6 Å². The van der Waals surface area contributed by atoms with Gasteiger partial charge < -0.3 is 10.1 Å². The van der Waals surface area contributed by atoms with Crippen LogP contribution in [0.5, 0.6) is 5.75 Å². The van der Waals surface area contributed by atoms with Crippen LogP contribution in [0.3, 0.4) is 0 Å². The van der Waals surface area contributed by atoms with E-state index in [-0.39, 0.29) is 22.6 Å². The molecule has 0 fully saturated rings. The third-order valence-electron chi connectivity index (χ3n) is 3.87. The molecule has 0 bridgehead atoms. The molecule has 25 heavy (non-hydrogen) atoms. The van der Waals surface area contributed by atoms with Gasteiger partial charge in [0.2, 0.25) is 5.91 Å². The number of aryl methyl sites for hydroxylation is 1. The zero-order chi connectivity index (χ0) is 18.1. The second-order valence-corrected chi connectivity index (χ2v) is 5.64. The molecule has 1 aliphatic heterocycles. The average Bonchev–Trinajstić information content (AvgIpc) is 2.81. The average molecular weight is 342 g/mol. The predicted octanol–water partition coefficient (Wildman–Crippen LogP) is 2.38. The van der Waals surface area contributed by atoms with Crippen molar-refractivity contribution in [1.29, 1.82) is 0 Å². The van der Waals surface area contributed by atoms with E-state index in [4.69, 9.17) is 4.74 Å². The summed E-state index contributed by atoms with van der Waals surface area (Å²) in [7, 11) is 1.34. The number of nitrogens with zero attached hydrogens (tertiary/aromatic N) is 1. The molecule has 1 aliphatic rings. The molecular weight excluding hydrogens is 327 g/mol. The van der Waals surface area contributed by atoms with Crippen LogP contribution in [0, 0.1) is 12.7 Å². The molecule has 2 aromatic carbocycles. The normalized spacial score (nSPS) is 13.0. The molecule has 2 aromatic rings. The molecule has 0 saturated carbocycles. The Morgan fingerprint density at radius 3 is 2.56 bits per heavy atom. The van der Waals surface area contributed by atoms with E-state index in [1.54, 1.807) is 18.2 Å². The zero-order valence-corrected chi connectivity index (χ0v) is 13.6. The van der Waals surface area contributed by atoms with E-state index in [2.05, 4.69) is 5.32 Å². The van der Waals surface area contributed by atoms with Crippen molar-refractivity contribution >= 4 is 23.4 Å². The van der Waals surface area contributed by atoms with Crippen LogP contribution in [0.1, 0.15) is 26.3 Å². The van der Waals surface area contributed by atoms with Crippen molar-refractivity contribution in [2.45, 2.75) is 6.92 Å². The standard InChI is InChI=1S/C18H15FN2O4/c1-10-3-5-12-13(7-10)18(24)21(17(12)23)9-16(22)20-14-6-4-11(19)8-15(14)25-2/h3-8H,9H2,1-2H3,(H,20,22). The summed E-state index contributed by atoms with van der Waals surface area (Å²) in [6.07, 6.45) is 0. The Bertz CT molecular complexity index is 895. The maximum absolute atomic E-state index is 13.2. The number of amides is 3. The van der Waals surface area contributed by atoms with Gasteiger partial charge in [-0.05, 0) is 31.2 Å². The topological polar surface area (TPSA) is 75.7 Å². The van der Waals surface area contributed by atoms with E-state index < -0.39 is 30.1 Å². The second-order valence-electron chi connectivity index (χ2n) is 5.64. The molecule has 6 nitrogen and oxygen atoms in total. The van der Waals surface area contributed by atoms with Crippen molar-refractivity contribution in [1.82, 2.24) is 4.90 Å². The number of nitrogens with one attached hydrogen (secondary N) is 1. The first kappa shape index (κ1) is 16.6. The highest BCUT2D eigenvalue weighted by Crippen LogP contribution is 2.26. The number of imide groups is 1. The monoisotopic (exact) mass is 342 g/mol. The molecule has 0 saturated heterocycles. The molecular formula is C18H15FN2O4. The smallest absolute Gasteiger partial charge is 0.262 e. The Balaban J connectivity index is 1.76. The zero-order valence-electron chi connectivity index (χ0n) is 13.6. The van der Waals surface area contributed by atoms with E-state index in [1.165, 1.54) is 19.2 Å². The van der Waals surface area contributed by atoms with E-state index in [0.717, 1.165) is 16.5 Å². The number of fused-ring (bicyclic) bond motifs is 1. The SMILES string of the molecule is COc1cc(F)ccc1NC(=O)CN1C(=O)c2ccc(C)cc2C1=O. The first-order chi connectivity index (χ1) is 11.9. The summed E-state index contributed by atoms with van der Waals surface area (Å²) in [6.45, 7) is 1.38. The molecule has 0 aliphatic carbocycles. The van der Waals surface area contributed by atoms with Gasteiger partial charge >= 0.3 is 0 Å². The van der Waals surface area contributed by atoms with Gasteiger partial charge in [0, 0.05) is 6.07 Å². The molecule has 1 N–H and O–H groups in total. The lowest BCUT2D eigenvalue weighted by Gasteiger charge is -2.15.